The van der Waals surface area contributed by atoms with Crippen LogP contribution in [0.25, 0.3) is 0 Å². The first-order valence-corrected chi connectivity index (χ1v) is 10.2. The summed E-state index contributed by atoms with van der Waals surface area (Å²) in [6.45, 7) is 2.06. The number of rotatable bonds is 5. The number of Topliss-reactive ketones (excluding diaryl/α,β-unsaturated/α-hetero) is 1. The van der Waals surface area contributed by atoms with Gasteiger partial charge in [-0.15, -0.1) is 0 Å². The van der Waals surface area contributed by atoms with Crippen molar-refractivity contribution < 1.29 is 14.3 Å². The fraction of sp³-hybridized carbons (Fsp3) is 0.250. The number of nitrogens with one attached hydrogen (secondary N) is 1. The second kappa shape index (κ2) is 8.26. The molecule has 0 aliphatic heterocycles. The molecule has 0 fully saturated rings. The van der Waals surface area contributed by atoms with Gasteiger partial charge in [-0.1, -0.05) is 60.1 Å². The summed E-state index contributed by atoms with van der Waals surface area (Å²) in [5, 5.41) is 0.662. The Morgan fingerprint density at radius 3 is 2.55 bits per heavy atom. The lowest BCUT2D eigenvalue weighted by Crippen LogP contribution is -2.19. The van der Waals surface area contributed by atoms with E-state index in [2.05, 4.69) is 4.98 Å². The maximum absolute atomic E-state index is 13.2. The summed E-state index contributed by atoms with van der Waals surface area (Å²) in [5.41, 5.74) is 4.55. The minimum Gasteiger partial charge on any atom is -0.461 e. The Morgan fingerprint density at radius 2 is 1.83 bits per heavy atom. The summed E-state index contributed by atoms with van der Waals surface area (Å²) in [6, 6.07) is 17.5. The Morgan fingerprint density at radius 1 is 1.10 bits per heavy atom. The van der Waals surface area contributed by atoms with Gasteiger partial charge in [0.15, 0.2) is 5.78 Å². The van der Waals surface area contributed by atoms with E-state index in [1.807, 2.05) is 54.6 Å². The third-order valence-electron chi connectivity index (χ3n) is 5.39. The number of ether oxygens (including phenoxy) is 1. The molecule has 0 unspecified atom stereocenters. The van der Waals surface area contributed by atoms with Gasteiger partial charge in [-0.3, -0.25) is 4.79 Å². The molecule has 0 radical (unpaired) electrons. The molecule has 0 spiro atoms. The molecule has 0 saturated heterocycles. The molecule has 1 aliphatic rings. The van der Waals surface area contributed by atoms with Crippen molar-refractivity contribution in [3.8, 4) is 0 Å². The molecular formula is C24H22ClNO3. The highest BCUT2D eigenvalue weighted by Gasteiger charge is 2.34. The van der Waals surface area contributed by atoms with Gasteiger partial charge >= 0.3 is 5.97 Å². The summed E-state index contributed by atoms with van der Waals surface area (Å²) in [4.78, 5) is 29.0. The van der Waals surface area contributed by atoms with Crippen molar-refractivity contribution in [2.45, 2.75) is 32.1 Å². The average Bonchev–Trinajstić information content (AvgIpc) is 3.08. The smallest absolute Gasteiger partial charge is 0.355 e. The molecule has 0 bridgehead atoms. The van der Waals surface area contributed by atoms with E-state index in [1.54, 1.807) is 6.92 Å². The van der Waals surface area contributed by atoms with Crippen LogP contribution in [0, 0.1) is 0 Å². The molecule has 3 aromatic rings. The van der Waals surface area contributed by atoms with Crippen LogP contribution in [0.1, 0.15) is 62.5 Å². The Balaban J connectivity index is 1.76. The maximum atomic E-state index is 13.2. The molecule has 2 aromatic carbocycles. The van der Waals surface area contributed by atoms with Crippen molar-refractivity contribution in [2.24, 2.45) is 0 Å². The van der Waals surface area contributed by atoms with Crippen LogP contribution in [0.2, 0.25) is 5.02 Å². The number of carbonyl (C=O) groups excluding carboxylic acids is 2. The molecule has 1 N–H and O–H groups in total. The van der Waals surface area contributed by atoms with Gasteiger partial charge in [0.1, 0.15) is 5.69 Å². The lowest BCUT2D eigenvalue weighted by atomic mass is 9.80. The van der Waals surface area contributed by atoms with Crippen LogP contribution in [0.5, 0.6) is 0 Å². The second-order valence-corrected chi connectivity index (χ2v) is 7.67. The lowest BCUT2D eigenvalue weighted by molar-refractivity contribution is 0.0519. The van der Waals surface area contributed by atoms with Gasteiger partial charge in [0, 0.05) is 29.1 Å². The van der Waals surface area contributed by atoms with Crippen LogP contribution in [-0.2, 0) is 17.6 Å². The molecule has 4 rings (SSSR count). The van der Waals surface area contributed by atoms with Gasteiger partial charge in [-0.25, -0.2) is 4.79 Å². The van der Waals surface area contributed by atoms with E-state index in [1.165, 1.54) is 0 Å². The van der Waals surface area contributed by atoms with E-state index in [4.69, 9.17) is 16.3 Å². The van der Waals surface area contributed by atoms with Crippen molar-refractivity contribution in [1.82, 2.24) is 4.98 Å². The third-order valence-corrected chi connectivity index (χ3v) is 5.73. The molecule has 1 heterocycles. The molecule has 148 valence electrons. The summed E-state index contributed by atoms with van der Waals surface area (Å²) in [5.74, 6) is -0.397. The summed E-state index contributed by atoms with van der Waals surface area (Å²) in [6.07, 6.45) is 1.51. The number of carbonyl (C=O) groups is 2. The molecule has 29 heavy (non-hydrogen) atoms. The van der Waals surface area contributed by atoms with Gasteiger partial charge in [0.2, 0.25) is 0 Å². The number of hydrogen-bond donors (Lipinski definition) is 1. The first-order valence-electron chi connectivity index (χ1n) is 9.80. The Labute approximate surface area is 174 Å². The normalized spacial score (nSPS) is 15.8. The molecule has 0 saturated carbocycles. The van der Waals surface area contributed by atoms with E-state index in [0.717, 1.165) is 22.4 Å². The van der Waals surface area contributed by atoms with E-state index in [-0.39, 0.29) is 18.3 Å². The van der Waals surface area contributed by atoms with Gasteiger partial charge < -0.3 is 9.72 Å². The molecule has 0 amide bonds. The topological polar surface area (TPSA) is 59.2 Å². The second-order valence-electron chi connectivity index (χ2n) is 7.26. The largest absolute Gasteiger partial charge is 0.461 e. The van der Waals surface area contributed by atoms with Crippen LogP contribution in [0.4, 0.5) is 0 Å². The lowest BCUT2D eigenvalue weighted by Gasteiger charge is -2.23. The standard InChI is InChI=1S/C24H22ClNO3/c1-2-29-24(28)23-18(12-15-8-4-3-5-9-15)22-20(26-23)13-16(14-21(22)27)17-10-6-7-11-19(17)25/h3-11,16,26H,2,12-14H2,1H3/t16-/m1/s1. The first-order chi connectivity index (χ1) is 14.1. The van der Waals surface area contributed by atoms with Crippen LogP contribution in [0.15, 0.2) is 54.6 Å². The number of H-pyrrole nitrogens is 1. The van der Waals surface area contributed by atoms with Crippen molar-refractivity contribution in [2.75, 3.05) is 6.61 Å². The fourth-order valence-corrected chi connectivity index (χ4v) is 4.40. The SMILES string of the molecule is CCOC(=O)c1[nH]c2c(c1Cc1ccccc1)C(=O)C[C@H](c1ccccc1Cl)C2. The van der Waals surface area contributed by atoms with Crippen LogP contribution < -0.4 is 0 Å². The zero-order valence-electron chi connectivity index (χ0n) is 16.2. The Hall–Kier alpha value is -2.85. The predicted molar refractivity (Wildman–Crippen MR) is 113 cm³/mol. The van der Waals surface area contributed by atoms with Crippen molar-refractivity contribution in [3.05, 3.63) is 93.3 Å². The van der Waals surface area contributed by atoms with E-state index in [0.29, 0.717) is 35.5 Å². The van der Waals surface area contributed by atoms with Crippen molar-refractivity contribution in [1.29, 1.82) is 0 Å². The average molecular weight is 408 g/mol. The third kappa shape index (κ3) is 3.85. The number of halogens is 1. The molecule has 1 aromatic heterocycles. The molecular weight excluding hydrogens is 386 g/mol. The highest BCUT2D eigenvalue weighted by molar-refractivity contribution is 6.31. The first kappa shape index (κ1) is 19.5. The number of benzene rings is 2. The number of fused-ring (bicyclic) bond motifs is 1. The van der Waals surface area contributed by atoms with Crippen molar-refractivity contribution in [3.63, 3.8) is 0 Å². The number of ketones is 1. The van der Waals surface area contributed by atoms with Crippen LogP contribution in [-0.4, -0.2) is 23.3 Å². The number of aromatic amines is 1. The zero-order chi connectivity index (χ0) is 20.4. The Bertz CT molecular complexity index is 1060. The van der Waals surface area contributed by atoms with Crippen LogP contribution >= 0.6 is 11.6 Å². The van der Waals surface area contributed by atoms with E-state index >= 15 is 0 Å². The van der Waals surface area contributed by atoms with Crippen molar-refractivity contribution >= 4 is 23.4 Å². The summed E-state index contributed by atoms with van der Waals surface area (Å²) < 4.78 is 5.25. The van der Waals surface area contributed by atoms with Gasteiger partial charge in [-0.2, -0.15) is 0 Å². The highest BCUT2D eigenvalue weighted by atomic mass is 35.5. The van der Waals surface area contributed by atoms with E-state index < -0.39 is 5.97 Å². The number of hydrogen-bond acceptors (Lipinski definition) is 3. The van der Waals surface area contributed by atoms with Gasteiger partial charge in [0.05, 0.1) is 6.61 Å². The molecule has 4 nitrogen and oxygen atoms in total. The molecule has 1 atom stereocenters. The quantitative estimate of drug-likeness (QED) is 0.580. The summed E-state index contributed by atoms with van der Waals surface area (Å²) >= 11 is 6.37. The predicted octanol–water partition coefficient (Wildman–Crippen LogP) is 5.35. The van der Waals surface area contributed by atoms with Gasteiger partial charge in [-0.05, 0) is 42.0 Å². The van der Waals surface area contributed by atoms with E-state index in [9.17, 15) is 9.59 Å². The minimum absolute atomic E-state index is 0.0121. The van der Waals surface area contributed by atoms with Crippen LogP contribution in [0.3, 0.4) is 0 Å². The zero-order valence-corrected chi connectivity index (χ0v) is 17.0. The number of aromatic nitrogens is 1. The number of esters is 1. The highest BCUT2D eigenvalue weighted by Crippen LogP contribution is 2.38. The minimum atomic E-state index is -0.421. The fourth-order valence-electron chi connectivity index (χ4n) is 4.11. The Kier molecular flexibility index (Phi) is 5.54. The molecule has 1 aliphatic carbocycles. The van der Waals surface area contributed by atoms with Gasteiger partial charge in [0.25, 0.3) is 0 Å². The monoisotopic (exact) mass is 407 g/mol. The molecule has 5 heteroatoms. The maximum Gasteiger partial charge on any atom is 0.355 e. The summed E-state index contributed by atoms with van der Waals surface area (Å²) in [7, 11) is 0.